The van der Waals surface area contributed by atoms with Crippen LogP contribution in [0.2, 0.25) is 6.82 Å². The monoisotopic (exact) mass is 476 g/mol. The van der Waals surface area contributed by atoms with Crippen molar-refractivity contribution in [3.63, 3.8) is 0 Å². The second-order valence-corrected chi connectivity index (χ2v) is 9.35. The fourth-order valence-corrected chi connectivity index (χ4v) is 5.29. The zero-order chi connectivity index (χ0) is 24.5. The van der Waals surface area contributed by atoms with Gasteiger partial charge in [-0.3, -0.25) is 0 Å². The molecule has 1 heterocycles. The third-order valence-corrected chi connectivity index (χ3v) is 7.02. The van der Waals surface area contributed by atoms with E-state index in [1.54, 1.807) is 7.11 Å². The fourth-order valence-electron chi connectivity index (χ4n) is 5.29. The molecule has 0 saturated heterocycles. The highest BCUT2D eigenvalue weighted by molar-refractivity contribution is 6.52. The first-order valence-corrected chi connectivity index (χ1v) is 13.2. The van der Waals surface area contributed by atoms with Gasteiger partial charge in [-0.1, -0.05) is 63.7 Å². The van der Waals surface area contributed by atoms with Crippen LogP contribution in [0.4, 0.5) is 0 Å². The van der Waals surface area contributed by atoms with Crippen molar-refractivity contribution in [3.8, 4) is 11.5 Å². The minimum atomic E-state index is 0.431. The van der Waals surface area contributed by atoms with Crippen LogP contribution in [0.1, 0.15) is 68.9 Å². The van der Waals surface area contributed by atoms with Gasteiger partial charge in [-0.05, 0) is 60.1 Å². The summed E-state index contributed by atoms with van der Waals surface area (Å²) in [6.45, 7) is 6.81. The molecule has 5 nitrogen and oxygen atoms in total. The summed E-state index contributed by atoms with van der Waals surface area (Å²) in [6.07, 6.45) is 8.68. The maximum atomic E-state index is 6.27. The summed E-state index contributed by atoms with van der Waals surface area (Å²) in [5, 5.41) is 1.36. The van der Waals surface area contributed by atoms with Crippen LogP contribution in [-0.2, 0) is 22.9 Å². The van der Waals surface area contributed by atoms with Crippen molar-refractivity contribution >= 4 is 23.8 Å². The van der Waals surface area contributed by atoms with E-state index in [1.807, 2.05) is 24.3 Å². The lowest BCUT2D eigenvalue weighted by Gasteiger charge is -2.23. The molecule has 1 saturated carbocycles. The largest absolute Gasteiger partial charge is 0.490 e. The quantitative estimate of drug-likeness (QED) is 0.124. The number of benzene rings is 2. The zero-order valence-corrected chi connectivity index (χ0v) is 21.6. The van der Waals surface area contributed by atoms with Gasteiger partial charge in [0.2, 0.25) is 0 Å². The molecule has 4 rings (SSSR count). The Kier molecular flexibility index (Phi) is 9.55. The molecule has 1 aromatic heterocycles. The van der Waals surface area contributed by atoms with E-state index in [0.717, 1.165) is 36.4 Å². The van der Waals surface area contributed by atoms with Crippen molar-refractivity contribution in [1.82, 2.24) is 4.57 Å². The first-order chi connectivity index (χ1) is 17.3. The van der Waals surface area contributed by atoms with E-state index in [2.05, 4.69) is 43.8 Å². The SMILES string of the molecule is C[B]c1c(C2CCCCC2)c2ccc(COOC)cc2n1CCOc1ccccc1OCCCC. The molecule has 1 aliphatic carbocycles. The molecule has 1 aliphatic rings. The van der Waals surface area contributed by atoms with Crippen LogP contribution in [-0.4, -0.2) is 32.2 Å². The molecule has 187 valence electrons. The van der Waals surface area contributed by atoms with Gasteiger partial charge in [-0.15, -0.1) is 0 Å². The summed E-state index contributed by atoms with van der Waals surface area (Å²) < 4.78 is 14.7. The first-order valence-electron chi connectivity index (χ1n) is 13.2. The number of ether oxygens (including phenoxy) is 2. The van der Waals surface area contributed by atoms with E-state index < -0.39 is 0 Å². The van der Waals surface area contributed by atoms with Gasteiger partial charge in [0.25, 0.3) is 0 Å². The molecule has 2 aromatic carbocycles. The Balaban J connectivity index is 1.60. The van der Waals surface area contributed by atoms with Crippen molar-refractivity contribution in [2.45, 2.75) is 77.8 Å². The standard InChI is InChI=1S/C29H39BNO4/c1-4-5-18-33-26-13-9-10-14-27(26)34-19-17-31-25-20-22(21-35-32-3)15-16-24(25)28(29(31)30-2)23-11-7-6-8-12-23/h9-10,13-16,20,23H,4-8,11-12,17-19,21H2,1-3H3. The summed E-state index contributed by atoms with van der Waals surface area (Å²) in [7, 11) is 3.82. The summed E-state index contributed by atoms with van der Waals surface area (Å²) in [5.41, 5.74) is 5.18. The Morgan fingerprint density at radius 2 is 1.71 bits per heavy atom. The van der Waals surface area contributed by atoms with Crippen LogP contribution >= 0.6 is 0 Å². The lowest BCUT2D eigenvalue weighted by molar-refractivity contribution is -0.282. The molecule has 3 aromatic rings. The number of para-hydroxylation sites is 2. The summed E-state index contributed by atoms with van der Waals surface area (Å²) in [4.78, 5) is 10.1. The summed E-state index contributed by atoms with van der Waals surface area (Å²) in [5.74, 6) is 2.25. The van der Waals surface area contributed by atoms with Crippen molar-refractivity contribution in [2.75, 3.05) is 20.3 Å². The predicted molar refractivity (Wildman–Crippen MR) is 143 cm³/mol. The zero-order valence-electron chi connectivity index (χ0n) is 21.6. The molecule has 0 bridgehead atoms. The highest BCUT2D eigenvalue weighted by atomic mass is 17.2. The second kappa shape index (κ2) is 13.0. The number of unbranched alkanes of at least 4 members (excludes halogenated alkanes) is 1. The lowest BCUT2D eigenvalue weighted by Crippen LogP contribution is -2.29. The van der Waals surface area contributed by atoms with Crippen LogP contribution in [0.5, 0.6) is 11.5 Å². The number of aromatic nitrogens is 1. The molecule has 6 heteroatoms. The van der Waals surface area contributed by atoms with Crippen LogP contribution in [0, 0.1) is 0 Å². The van der Waals surface area contributed by atoms with Gasteiger partial charge in [0.1, 0.15) is 13.2 Å². The topological polar surface area (TPSA) is 41.9 Å². The molecule has 1 fully saturated rings. The van der Waals surface area contributed by atoms with Crippen molar-refractivity contribution in [2.24, 2.45) is 0 Å². The Morgan fingerprint density at radius 3 is 2.40 bits per heavy atom. The van der Waals surface area contributed by atoms with Crippen molar-refractivity contribution < 1.29 is 19.2 Å². The van der Waals surface area contributed by atoms with E-state index in [4.69, 9.17) is 19.2 Å². The average molecular weight is 476 g/mol. The fraction of sp³-hybridized carbons (Fsp3) is 0.517. The minimum absolute atomic E-state index is 0.431. The second-order valence-electron chi connectivity index (χ2n) is 9.35. The molecule has 0 N–H and O–H groups in total. The Hall–Kier alpha value is -2.44. The Bertz CT molecular complexity index is 1070. The third kappa shape index (κ3) is 6.23. The van der Waals surface area contributed by atoms with Gasteiger partial charge in [-0.25, -0.2) is 9.78 Å². The van der Waals surface area contributed by atoms with E-state index in [0.29, 0.717) is 25.7 Å². The molecule has 0 amide bonds. The highest BCUT2D eigenvalue weighted by Gasteiger charge is 2.25. The molecular formula is C29H39BNO4. The van der Waals surface area contributed by atoms with Crippen LogP contribution < -0.4 is 15.1 Å². The average Bonchev–Trinajstić information content (AvgIpc) is 3.21. The van der Waals surface area contributed by atoms with Gasteiger partial charge in [-0.2, -0.15) is 0 Å². The molecule has 0 atom stereocenters. The van der Waals surface area contributed by atoms with E-state index in [-0.39, 0.29) is 0 Å². The van der Waals surface area contributed by atoms with Crippen LogP contribution in [0.15, 0.2) is 42.5 Å². The van der Waals surface area contributed by atoms with Crippen molar-refractivity contribution in [3.05, 3.63) is 53.6 Å². The third-order valence-electron chi connectivity index (χ3n) is 7.02. The van der Waals surface area contributed by atoms with E-state index in [1.165, 1.54) is 54.2 Å². The van der Waals surface area contributed by atoms with Crippen molar-refractivity contribution in [1.29, 1.82) is 0 Å². The number of rotatable bonds is 13. The number of hydrogen-bond acceptors (Lipinski definition) is 4. The lowest BCUT2D eigenvalue weighted by atomic mass is 9.70. The molecule has 35 heavy (non-hydrogen) atoms. The number of fused-ring (bicyclic) bond motifs is 1. The van der Waals surface area contributed by atoms with Crippen LogP contribution in [0.3, 0.4) is 0 Å². The predicted octanol–water partition coefficient (Wildman–Crippen LogP) is 6.40. The van der Waals surface area contributed by atoms with E-state index >= 15 is 0 Å². The van der Waals surface area contributed by atoms with Gasteiger partial charge < -0.3 is 14.0 Å². The highest BCUT2D eigenvalue weighted by Crippen LogP contribution is 2.37. The maximum absolute atomic E-state index is 6.27. The van der Waals surface area contributed by atoms with Crippen LogP contribution in [0.25, 0.3) is 10.9 Å². The van der Waals surface area contributed by atoms with Gasteiger partial charge >= 0.3 is 0 Å². The van der Waals surface area contributed by atoms with Gasteiger partial charge in [0.15, 0.2) is 18.8 Å². The first kappa shape index (κ1) is 25.7. The molecule has 0 spiro atoms. The molecule has 0 unspecified atom stereocenters. The number of nitrogens with zero attached hydrogens (tertiary/aromatic N) is 1. The molecule has 0 aliphatic heterocycles. The number of hydrogen-bond donors (Lipinski definition) is 0. The summed E-state index contributed by atoms with van der Waals surface area (Å²) in [6, 6.07) is 14.7. The molecular weight excluding hydrogens is 437 g/mol. The molecule has 1 radical (unpaired) electrons. The minimum Gasteiger partial charge on any atom is -0.490 e. The van der Waals surface area contributed by atoms with Gasteiger partial charge in [0.05, 0.1) is 20.3 Å². The maximum Gasteiger partial charge on any atom is 0.171 e. The van der Waals surface area contributed by atoms with Gasteiger partial charge in [0, 0.05) is 10.9 Å². The summed E-state index contributed by atoms with van der Waals surface area (Å²) >= 11 is 0. The Morgan fingerprint density at radius 1 is 0.971 bits per heavy atom. The van der Waals surface area contributed by atoms with E-state index in [9.17, 15) is 0 Å². The smallest absolute Gasteiger partial charge is 0.171 e. The Labute approximate surface area is 210 Å². The normalized spacial score (nSPS) is 14.4.